The van der Waals surface area contributed by atoms with Crippen LogP contribution in [0.3, 0.4) is 0 Å². The van der Waals surface area contributed by atoms with Crippen molar-refractivity contribution in [1.29, 1.82) is 0 Å². The molecule has 0 aromatic carbocycles. The Balaban J connectivity index is 2.14. The van der Waals surface area contributed by atoms with Crippen LogP contribution in [0.25, 0.3) is 0 Å². The number of carbonyl (C=O) groups is 1. The summed E-state index contributed by atoms with van der Waals surface area (Å²) in [5.74, 6) is 0. The third kappa shape index (κ3) is 5.16. The van der Waals surface area contributed by atoms with Gasteiger partial charge in [-0.15, -0.1) is 0 Å². The van der Waals surface area contributed by atoms with Crippen molar-refractivity contribution in [3.05, 3.63) is 60.2 Å². The first kappa shape index (κ1) is 15.9. The predicted molar refractivity (Wildman–Crippen MR) is 84.0 cm³/mol. The molecule has 0 saturated heterocycles. The summed E-state index contributed by atoms with van der Waals surface area (Å²) in [6.45, 7) is 6.32. The topological polar surface area (TPSA) is 55.3 Å². The summed E-state index contributed by atoms with van der Waals surface area (Å²) in [6.07, 6.45) is 3.05. The lowest BCUT2D eigenvalue weighted by molar-refractivity contribution is 0.0211. The fourth-order valence-electron chi connectivity index (χ4n) is 1.89. The first-order valence-electron chi connectivity index (χ1n) is 7.22. The first-order valence-corrected chi connectivity index (χ1v) is 7.22. The van der Waals surface area contributed by atoms with E-state index in [1.165, 1.54) is 0 Å². The quantitative estimate of drug-likeness (QED) is 0.868. The Hall–Kier alpha value is -2.43. The Labute approximate surface area is 131 Å². The maximum atomic E-state index is 12.4. The Morgan fingerprint density at radius 1 is 1.00 bits per heavy atom. The van der Waals surface area contributed by atoms with Gasteiger partial charge in [0.15, 0.2) is 0 Å². The van der Waals surface area contributed by atoms with Crippen LogP contribution < -0.4 is 0 Å². The van der Waals surface area contributed by atoms with E-state index in [-0.39, 0.29) is 6.09 Å². The Morgan fingerprint density at radius 3 is 1.86 bits per heavy atom. The van der Waals surface area contributed by atoms with Crippen LogP contribution in [0.1, 0.15) is 32.2 Å². The molecule has 0 saturated carbocycles. The maximum Gasteiger partial charge on any atom is 0.410 e. The highest BCUT2D eigenvalue weighted by Crippen LogP contribution is 2.14. The molecular weight excluding hydrogens is 278 g/mol. The molecule has 0 aliphatic carbocycles. The molecule has 2 heterocycles. The minimum Gasteiger partial charge on any atom is -0.444 e. The van der Waals surface area contributed by atoms with Gasteiger partial charge in [-0.2, -0.15) is 0 Å². The van der Waals surface area contributed by atoms with Gasteiger partial charge in [-0.1, -0.05) is 12.1 Å². The van der Waals surface area contributed by atoms with Gasteiger partial charge in [0.25, 0.3) is 0 Å². The molecule has 5 nitrogen and oxygen atoms in total. The van der Waals surface area contributed by atoms with Crippen molar-refractivity contribution in [2.45, 2.75) is 39.5 Å². The summed E-state index contributed by atoms with van der Waals surface area (Å²) >= 11 is 0. The van der Waals surface area contributed by atoms with E-state index in [9.17, 15) is 4.79 Å². The van der Waals surface area contributed by atoms with Gasteiger partial charge in [0.1, 0.15) is 5.60 Å². The lowest BCUT2D eigenvalue weighted by atomic mass is 10.2. The number of rotatable bonds is 4. The Bertz CT molecular complexity index is 553. The van der Waals surface area contributed by atoms with Gasteiger partial charge in [-0.3, -0.25) is 14.9 Å². The van der Waals surface area contributed by atoms with Crippen molar-refractivity contribution in [1.82, 2.24) is 14.9 Å². The van der Waals surface area contributed by atoms with Crippen molar-refractivity contribution in [3.63, 3.8) is 0 Å². The van der Waals surface area contributed by atoms with E-state index >= 15 is 0 Å². The fourth-order valence-corrected chi connectivity index (χ4v) is 1.89. The standard InChI is InChI=1S/C17H21N3O2/c1-17(2,3)22-16(21)20(12-14-8-4-6-10-18-14)13-15-9-5-7-11-19-15/h4-11H,12-13H2,1-3H3. The molecule has 0 fully saturated rings. The Kier molecular flexibility index (Phi) is 5.09. The number of amides is 1. The molecule has 0 aliphatic rings. The molecule has 116 valence electrons. The summed E-state index contributed by atoms with van der Waals surface area (Å²) in [6, 6.07) is 11.3. The first-order chi connectivity index (χ1) is 10.4. The molecule has 2 aromatic heterocycles. The monoisotopic (exact) mass is 299 g/mol. The highest BCUT2D eigenvalue weighted by Gasteiger charge is 2.23. The van der Waals surface area contributed by atoms with Crippen LogP contribution in [-0.4, -0.2) is 26.6 Å². The molecule has 0 radical (unpaired) electrons. The molecule has 5 heteroatoms. The van der Waals surface area contributed by atoms with E-state index in [0.29, 0.717) is 13.1 Å². The number of aromatic nitrogens is 2. The molecule has 22 heavy (non-hydrogen) atoms. The molecule has 0 spiro atoms. The molecule has 0 bridgehead atoms. The average molecular weight is 299 g/mol. The average Bonchev–Trinajstić information content (AvgIpc) is 2.47. The number of ether oxygens (including phenoxy) is 1. The number of hydrogen-bond donors (Lipinski definition) is 0. The van der Waals surface area contributed by atoms with E-state index in [4.69, 9.17) is 4.74 Å². The van der Waals surface area contributed by atoms with Gasteiger partial charge in [0.2, 0.25) is 0 Å². The summed E-state index contributed by atoms with van der Waals surface area (Å²) in [5, 5.41) is 0. The minimum absolute atomic E-state index is 0.371. The van der Waals surface area contributed by atoms with Crippen molar-refractivity contribution >= 4 is 6.09 Å². The fraction of sp³-hybridized carbons (Fsp3) is 0.353. The predicted octanol–water partition coefficient (Wildman–Crippen LogP) is 3.41. The molecule has 0 unspecified atom stereocenters. The number of carbonyl (C=O) groups excluding carboxylic acids is 1. The number of pyridine rings is 2. The SMILES string of the molecule is CC(C)(C)OC(=O)N(Cc1ccccn1)Cc1ccccn1. The van der Waals surface area contributed by atoms with Crippen LogP contribution in [0.5, 0.6) is 0 Å². The van der Waals surface area contributed by atoms with E-state index < -0.39 is 5.60 Å². The molecule has 0 atom stereocenters. The second kappa shape index (κ2) is 7.02. The van der Waals surface area contributed by atoms with Crippen LogP contribution >= 0.6 is 0 Å². The summed E-state index contributed by atoms with van der Waals surface area (Å²) in [4.78, 5) is 22.6. The third-order valence-electron chi connectivity index (χ3n) is 2.81. The lowest BCUT2D eigenvalue weighted by Gasteiger charge is -2.27. The van der Waals surface area contributed by atoms with Crippen LogP contribution in [0, 0.1) is 0 Å². The van der Waals surface area contributed by atoms with Gasteiger partial charge in [0.05, 0.1) is 24.5 Å². The van der Waals surface area contributed by atoms with Crippen molar-refractivity contribution in [3.8, 4) is 0 Å². The largest absolute Gasteiger partial charge is 0.444 e. The third-order valence-corrected chi connectivity index (χ3v) is 2.81. The van der Waals surface area contributed by atoms with Gasteiger partial charge >= 0.3 is 6.09 Å². The lowest BCUT2D eigenvalue weighted by Crippen LogP contribution is -2.36. The highest BCUT2D eigenvalue weighted by molar-refractivity contribution is 5.68. The van der Waals surface area contributed by atoms with E-state index in [2.05, 4.69) is 9.97 Å². The van der Waals surface area contributed by atoms with Crippen LogP contribution in [0.2, 0.25) is 0 Å². The minimum atomic E-state index is -0.538. The molecule has 2 rings (SSSR count). The van der Waals surface area contributed by atoms with Crippen molar-refractivity contribution in [2.75, 3.05) is 0 Å². The van der Waals surface area contributed by atoms with Crippen LogP contribution in [0.4, 0.5) is 4.79 Å². The zero-order chi connectivity index (χ0) is 16.0. The molecule has 0 aliphatic heterocycles. The molecular formula is C17H21N3O2. The maximum absolute atomic E-state index is 12.4. The zero-order valence-corrected chi connectivity index (χ0v) is 13.2. The van der Waals surface area contributed by atoms with Crippen LogP contribution in [-0.2, 0) is 17.8 Å². The second-order valence-corrected chi connectivity index (χ2v) is 5.98. The van der Waals surface area contributed by atoms with Gasteiger partial charge < -0.3 is 4.74 Å². The summed E-state index contributed by atoms with van der Waals surface area (Å²) in [5.41, 5.74) is 1.08. The van der Waals surface area contributed by atoms with Crippen LogP contribution in [0.15, 0.2) is 48.8 Å². The van der Waals surface area contributed by atoms with Gasteiger partial charge in [-0.05, 0) is 45.0 Å². The smallest absolute Gasteiger partial charge is 0.410 e. The highest BCUT2D eigenvalue weighted by atomic mass is 16.6. The zero-order valence-electron chi connectivity index (χ0n) is 13.2. The summed E-state index contributed by atoms with van der Waals surface area (Å²) < 4.78 is 5.48. The van der Waals surface area contributed by atoms with E-state index in [1.54, 1.807) is 17.3 Å². The molecule has 1 amide bonds. The number of nitrogens with zero attached hydrogens (tertiary/aromatic N) is 3. The van der Waals surface area contributed by atoms with Crippen molar-refractivity contribution in [2.24, 2.45) is 0 Å². The Morgan fingerprint density at radius 2 is 1.50 bits per heavy atom. The van der Waals surface area contributed by atoms with Gasteiger partial charge in [0, 0.05) is 12.4 Å². The molecule has 2 aromatic rings. The van der Waals surface area contributed by atoms with E-state index in [0.717, 1.165) is 11.4 Å². The van der Waals surface area contributed by atoms with E-state index in [1.807, 2.05) is 57.2 Å². The van der Waals surface area contributed by atoms with Crippen molar-refractivity contribution < 1.29 is 9.53 Å². The second-order valence-electron chi connectivity index (χ2n) is 5.98. The summed E-state index contributed by atoms with van der Waals surface area (Å²) in [7, 11) is 0. The normalized spacial score (nSPS) is 11.0. The number of hydrogen-bond acceptors (Lipinski definition) is 4. The van der Waals surface area contributed by atoms with Gasteiger partial charge in [-0.25, -0.2) is 4.79 Å². The molecule has 0 N–H and O–H groups in total.